The van der Waals surface area contributed by atoms with E-state index in [1.165, 1.54) is 18.4 Å². The molecular weight excluding hydrogens is 260 g/mol. The van der Waals surface area contributed by atoms with Crippen molar-refractivity contribution in [2.75, 3.05) is 27.7 Å². The molecule has 3 nitrogen and oxygen atoms in total. The molecule has 0 bridgehead atoms. The lowest BCUT2D eigenvalue weighted by Gasteiger charge is -2.32. The Balaban J connectivity index is 1.90. The zero-order valence-corrected chi connectivity index (χ0v) is 14.1. The third-order valence-electron chi connectivity index (χ3n) is 4.94. The van der Waals surface area contributed by atoms with Crippen LogP contribution in [-0.4, -0.2) is 38.7 Å². The standard InChI is InChI=1S/C18H30N2O/c1-18(2)11-10-15(17(18)19-3)13-20(4)12-14-6-8-16(21-5)9-7-14/h6-9,15,17,19H,10-13H2,1-5H3. The molecule has 0 heterocycles. The van der Waals surface area contributed by atoms with Gasteiger partial charge in [0.05, 0.1) is 7.11 Å². The molecule has 1 saturated carbocycles. The van der Waals surface area contributed by atoms with Gasteiger partial charge in [0.2, 0.25) is 0 Å². The third-order valence-corrected chi connectivity index (χ3v) is 4.94. The smallest absolute Gasteiger partial charge is 0.118 e. The lowest BCUT2D eigenvalue weighted by atomic mass is 9.85. The van der Waals surface area contributed by atoms with Gasteiger partial charge in [0, 0.05) is 19.1 Å². The van der Waals surface area contributed by atoms with Gasteiger partial charge in [0.25, 0.3) is 0 Å². The van der Waals surface area contributed by atoms with E-state index < -0.39 is 0 Å². The monoisotopic (exact) mass is 290 g/mol. The fraction of sp³-hybridized carbons (Fsp3) is 0.667. The summed E-state index contributed by atoms with van der Waals surface area (Å²) in [5, 5.41) is 3.55. The maximum atomic E-state index is 5.21. The quantitative estimate of drug-likeness (QED) is 0.871. The lowest BCUT2D eigenvalue weighted by molar-refractivity contribution is 0.207. The SMILES string of the molecule is CNC1C(CN(C)Cc2ccc(OC)cc2)CCC1(C)C. The maximum Gasteiger partial charge on any atom is 0.118 e. The molecule has 21 heavy (non-hydrogen) atoms. The van der Waals surface area contributed by atoms with Crippen molar-refractivity contribution in [3.05, 3.63) is 29.8 Å². The van der Waals surface area contributed by atoms with E-state index >= 15 is 0 Å². The van der Waals surface area contributed by atoms with E-state index in [0.29, 0.717) is 11.5 Å². The summed E-state index contributed by atoms with van der Waals surface area (Å²) >= 11 is 0. The molecular formula is C18H30N2O. The summed E-state index contributed by atoms with van der Waals surface area (Å²) < 4.78 is 5.21. The molecule has 3 heteroatoms. The van der Waals surface area contributed by atoms with Gasteiger partial charge in [-0.05, 0) is 56.0 Å². The molecule has 2 atom stereocenters. The summed E-state index contributed by atoms with van der Waals surface area (Å²) in [7, 11) is 6.04. The summed E-state index contributed by atoms with van der Waals surface area (Å²) in [6, 6.07) is 9.01. The Morgan fingerprint density at radius 1 is 1.29 bits per heavy atom. The van der Waals surface area contributed by atoms with Crippen molar-refractivity contribution in [3.63, 3.8) is 0 Å². The highest BCUT2D eigenvalue weighted by Crippen LogP contribution is 2.41. The summed E-state index contributed by atoms with van der Waals surface area (Å²) in [6.07, 6.45) is 2.64. The molecule has 1 N–H and O–H groups in total. The molecule has 0 amide bonds. The van der Waals surface area contributed by atoms with Crippen molar-refractivity contribution in [2.24, 2.45) is 11.3 Å². The molecule has 1 aliphatic carbocycles. The fourth-order valence-corrected chi connectivity index (χ4v) is 3.85. The van der Waals surface area contributed by atoms with E-state index in [1.807, 2.05) is 12.1 Å². The van der Waals surface area contributed by atoms with Crippen LogP contribution in [0.2, 0.25) is 0 Å². The Labute approximate surface area is 129 Å². The fourth-order valence-electron chi connectivity index (χ4n) is 3.85. The minimum atomic E-state index is 0.417. The number of hydrogen-bond acceptors (Lipinski definition) is 3. The summed E-state index contributed by atoms with van der Waals surface area (Å²) in [5.41, 5.74) is 1.76. The van der Waals surface area contributed by atoms with Gasteiger partial charge >= 0.3 is 0 Å². The molecule has 118 valence electrons. The van der Waals surface area contributed by atoms with Gasteiger partial charge in [-0.3, -0.25) is 0 Å². The molecule has 1 fully saturated rings. The summed E-state index contributed by atoms with van der Waals surface area (Å²) in [4.78, 5) is 2.44. The normalized spacial score (nSPS) is 24.5. The van der Waals surface area contributed by atoms with E-state index in [0.717, 1.165) is 24.8 Å². The number of methoxy groups -OCH3 is 1. The molecule has 1 aromatic carbocycles. The average molecular weight is 290 g/mol. The Morgan fingerprint density at radius 3 is 2.52 bits per heavy atom. The lowest BCUT2D eigenvalue weighted by Crippen LogP contribution is -2.43. The summed E-state index contributed by atoms with van der Waals surface area (Å²) in [6.45, 7) is 6.92. The first-order valence-electron chi connectivity index (χ1n) is 7.95. The van der Waals surface area contributed by atoms with Gasteiger partial charge in [-0.15, -0.1) is 0 Å². The van der Waals surface area contributed by atoms with E-state index in [4.69, 9.17) is 4.74 Å². The van der Waals surface area contributed by atoms with Crippen LogP contribution in [0.4, 0.5) is 0 Å². The van der Waals surface area contributed by atoms with Crippen LogP contribution in [-0.2, 0) is 6.54 Å². The zero-order chi connectivity index (χ0) is 15.5. The third kappa shape index (κ3) is 3.98. The van der Waals surface area contributed by atoms with Crippen molar-refractivity contribution in [3.8, 4) is 5.75 Å². The van der Waals surface area contributed by atoms with E-state index in [9.17, 15) is 0 Å². The second kappa shape index (κ2) is 6.80. The van der Waals surface area contributed by atoms with Crippen molar-refractivity contribution >= 4 is 0 Å². The number of nitrogens with zero attached hydrogens (tertiary/aromatic N) is 1. The molecule has 0 radical (unpaired) electrons. The highest BCUT2D eigenvalue weighted by Gasteiger charge is 2.40. The molecule has 0 aliphatic heterocycles. The first-order chi connectivity index (χ1) is 9.96. The second-order valence-electron chi connectivity index (χ2n) is 7.10. The number of ether oxygens (including phenoxy) is 1. The number of benzene rings is 1. The number of rotatable bonds is 6. The predicted octanol–water partition coefficient (Wildman–Crippen LogP) is 3.15. The maximum absolute atomic E-state index is 5.21. The van der Waals surface area contributed by atoms with Crippen molar-refractivity contribution in [1.29, 1.82) is 0 Å². The van der Waals surface area contributed by atoms with Gasteiger partial charge in [-0.1, -0.05) is 26.0 Å². The Bertz CT molecular complexity index is 441. The van der Waals surface area contributed by atoms with Crippen LogP contribution < -0.4 is 10.1 Å². The van der Waals surface area contributed by atoms with Crippen LogP contribution in [0.25, 0.3) is 0 Å². The van der Waals surface area contributed by atoms with Crippen LogP contribution in [0.15, 0.2) is 24.3 Å². The highest BCUT2D eigenvalue weighted by molar-refractivity contribution is 5.27. The van der Waals surface area contributed by atoms with Crippen LogP contribution in [0, 0.1) is 11.3 Å². The van der Waals surface area contributed by atoms with Gasteiger partial charge in [-0.2, -0.15) is 0 Å². The van der Waals surface area contributed by atoms with Gasteiger partial charge < -0.3 is 15.0 Å². The van der Waals surface area contributed by atoms with Crippen LogP contribution >= 0.6 is 0 Å². The van der Waals surface area contributed by atoms with Crippen LogP contribution in [0.1, 0.15) is 32.3 Å². The van der Waals surface area contributed by atoms with Gasteiger partial charge in [0.1, 0.15) is 5.75 Å². The zero-order valence-electron chi connectivity index (χ0n) is 14.1. The Hall–Kier alpha value is -1.06. The molecule has 0 spiro atoms. The summed E-state index contributed by atoms with van der Waals surface area (Å²) in [5.74, 6) is 1.67. The van der Waals surface area contributed by atoms with Crippen LogP contribution in [0.5, 0.6) is 5.75 Å². The van der Waals surface area contributed by atoms with Crippen molar-refractivity contribution in [1.82, 2.24) is 10.2 Å². The molecule has 0 saturated heterocycles. The average Bonchev–Trinajstić information content (AvgIpc) is 2.73. The van der Waals surface area contributed by atoms with E-state index in [2.05, 4.69) is 50.3 Å². The van der Waals surface area contributed by atoms with E-state index in [-0.39, 0.29) is 0 Å². The predicted molar refractivity (Wildman–Crippen MR) is 88.7 cm³/mol. The molecule has 0 aromatic heterocycles. The Kier molecular flexibility index (Phi) is 5.28. The number of nitrogens with one attached hydrogen (secondary N) is 1. The van der Waals surface area contributed by atoms with Gasteiger partial charge in [-0.25, -0.2) is 0 Å². The van der Waals surface area contributed by atoms with Crippen LogP contribution in [0.3, 0.4) is 0 Å². The number of hydrogen-bond donors (Lipinski definition) is 1. The van der Waals surface area contributed by atoms with Gasteiger partial charge in [0.15, 0.2) is 0 Å². The molecule has 1 aromatic rings. The Morgan fingerprint density at radius 2 is 1.95 bits per heavy atom. The largest absolute Gasteiger partial charge is 0.497 e. The first-order valence-corrected chi connectivity index (χ1v) is 7.95. The van der Waals surface area contributed by atoms with Crippen molar-refractivity contribution < 1.29 is 4.74 Å². The van der Waals surface area contributed by atoms with Crippen molar-refractivity contribution in [2.45, 2.75) is 39.3 Å². The molecule has 2 unspecified atom stereocenters. The topological polar surface area (TPSA) is 24.5 Å². The minimum absolute atomic E-state index is 0.417. The molecule has 1 aliphatic rings. The first kappa shape index (κ1) is 16.3. The second-order valence-corrected chi connectivity index (χ2v) is 7.10. The minimum Gasteiger partial charge on any atom is -0.497 e. The highest BCUT2D eigenvalue weighted by atomic mass is 16.5. The molecule has 2 rings (SSSR count). The van der Waals surface area contributed by atoms with E-state index in [1.54, 1.807) is 7.11 Å².